The van der Waals surface area contributed by atoms with Gasteiger partial charge in [-0.3, -0.25) is 9.59 Å². The molecule has 0 aromatic heterocycles. The zero-order chi connectivity index (χ0) is 69.0. The predicted molar refractivity (Wildman–Crippen MR) is 407 cm³/mol. The van der Waals surface area contributed by atoms with Crippen molar-refractivity contribution in [1.29, 1.82) is 0 Å². The first-order valence-electron chi connectivity index (χ1n) is 38.6. The second kappa shape index (κ2) is 74.7. The minimum absolute atomic E-state index is 0.142. The molecule has 0 aromatic rings. The minimum atomic E-state index is -1.63. The molecule has 9 nitrogen and oxygen atoms in total. The molecule has 0 spiro atoms. The van der Waals surface area contributed by atoms with E-state index in [4.69, 9.17) is 18.9 Å². The van der Waals surface area contributed by atoms with Gasteiger partial charge in [0.2, 0.25) is 0 Å². The molecule has 0 aliphatic heterocycles. The van der Waals surface area contributed by atoms with Crippen LogP contribution in [0.15, 0.2) is 158 Å². The summed E-state index contributed by atoms with van der Waals surface area (Å²) in [5, 5.41) is 11.9. The molecule has 0 bridgehead atoms. The van der Waals surface area contributed by atoms with Gasteiger partial charge in [0.05, 0.1) is 40.3 Å². The Balaban J connectivity index is 4.09. The summed E-state index contributed by atoms with van der Waals surface area (Å²) >= 11 is 0. The van der Waals surface area contributed by atoms with Crippen molar-refractivity contribution in [3.63, 3.8) is 0 Å². The Bertz CT molecular complexity index is 2130. The number of unbranched alkanes of at least 4 members (excludes halogenated alkanes) is 29. The third-order valence-electron chi connectivity index (χ3n) is 16.3. The zero-order valence-corrected chi connectivity index (χ0v) is 61.7. The number of ether oxygens (including phenoxy) is 4. The van der Waals surface area contributed by atoms with Crippen LogP contribution in [0.25, 0.3) is 0 Å². The third kappa shape index (κ3) is 76.1. The van der Waals surface area contributed by atoms with Crippen LogP contribution < -0.4 is 5.11 Å². The maximum atomic E-state index is 13.0. The van der Waals surface area contributed by atoms with Crippen LogP contribution in [-0.2, 0) is 33.3 Å². The number of hydrogen-bond acceptors (Lipinski definition) is 8. The highest BCUT2D eigenvalue weighted by Gasteiger charge is 2.22. The normalized spacial score (nSPS) is 13.6. The fourth-order valence-corrected chi connectivity index (χ4v) is 10.5. The van der Waals surface area contributed by atoms with Crippen LogP contribution in [0.2, 0.25) is 0 Å². The number of quaternary nitrogens is 1. The van der Waals surface area contributed by atoms with E-state index in [1.807, 2.05) is 21.1 Å². The lowest BCUT2D eigenvalue weighted by Gasteiger charge is -2.26. The molecule has 0 aliphatic rings. The second-order valence-electron chi connectivity index (χ2n) is 26.5. The summed E-state index contributed by atoms with van der Waals surface area (Å²) in [5.41, 5.74) is 0. The first kappa shape index (κ1) is 89.9. The van der Waals surface area contributed by atoms with Crippen LogP contribution in [0.5, 0.6) is 0 Å². The molecule has 0 aromatic carbocycles. The molecule has 0 saturated carbocycles. The molecule has 9 heteroatoms. The van der Waals surface area contributed by atoms with Gasteiger partial charge >= 0.3 is 11.9 Å². The number of rotatable bonds is 70. The van der Waals surface area contributed by atoms with E-state index in [-0.39, 0.29) is 38.6 Å². The van der Waals surface area contributed by atoms with E-state index in [2.05, 4.69) is 172 Å². The smallest absolute Gasteiger partial charge is 0.306 e. The number of esters is 2. The summed E-state index contributed by atoms with van der Waals surface area (Å²) < 4.78 is 22.8. The molecule has 0 amide bonds. The number of carboxylic acids is 1. The molecule has 2 atom stereocenters. The van der Waals surface area contributed by atoms with Crippen molar-refractivity contribution in [2.75, 3.05) is 47.5 Å². The molecule has 95 heavy (non-hydrogen) atoms. The molecular weight excluding hydrogens is 1170 g/mol. The van der Waals surface area contributed by atoms with E-state index in [1.54, 1.807) is 0 Å². The third-order valence-corrected chi connectivity index (χ3v) is 16.3. The van der Waals surface area contributed by atoms with E-state index in [0.717, 1.165) is 122 Å². The number of likely N-dealkylation sites (N-methyl/N-ethyl adjacent to an activating group) is 1. The van der Waals surface area contributed by atoms with Gasteiger partial charge in [-0.15, -0.1) is 0 Å². The molecule has 0 saturated heterocycles. The summed E-state index contributed by atoms with van der Waals surface area (Å²) in [5.74, 6) is -2.28. The van der Waals surface area contributed by atoms with Gasteiger partial charge in [0.15, 0.2) is 12.4 Å². The molecule has 540 valence electrons. The van der Waals surface area contributed by atoms with E-state index < -0.39 is 24.3 Å². The number of carbonyl (C=O) groups is 3. The van der Waals surface area contributed by atoms with Crippen LogP contribution in [-0.4, -0.2) is 82.3 Å². The van der Waals surface area contributed by atoms with Crippen LogP contribution in [0.4, 0.5) is 0 Å². The maximum Gasteiger partial charge on any atom is 0.306 e. The van der Waals surface area contributed by atoms with Gasteiger partial charge in [-0.05, 0) is 122 Å². The van der Waals surface area contributed by atoms with Crippen molar-refractivity contribution in [2.24, 2.45) is 0 Å². The SMILES string of the molecule is CC/C=C\C/C=C\C/C=C\C/C=C\C/C=C\C/C=C\C/C=C\C/C=C\CCCCCCCCCCCCCCC(=O)OC(COC(=O)CCCCCCCCCCCCCCCCCCC/C=C\C/C=C\C/C=C\C/C=C\C/C=C\CC)COC(OCC[N+](C)(C)C)C(=O)[O-]. The van der Waals surface area contributed by atoms with Gasteiger partial charge in [-0.25, -0.2) is 0 Å². The van der Waals surface area contributed by atoms with Crippen molar-refractivity contribution in [3.8, 4) is 0 Å². The second-order valence-corrected chi connectivity index (χ2v) is 26.5. The number of nitrogens with zero attached hydrogens (tertiary/aromatic N) is 1. The number of carboxylic acid groups (broad SMARTS) is 1. The van der Waals surface area contributed by atoms with Crippen molar-refractivity contribution in [1.82, 2.24) is 0 Å². The highest BCUT2D eigenvalue weighted by molar-refractivity contribution is 5.70. The molecule has 2 unspecified atom stereocenters. The Morgan fingerprint density at radius 1 is 0.316 bits per heavy atom. The van der Waals surface area contributed by atoms with Gasteiger partial charge in [0, 0.05) is 12.8 Å². The molecule has 0 rings (SSSR count). The maximum absolute atomic E-state index is 13.0. The van der Waals surface area contributed by atoms with Crippen molar-refractivity contribution in [3.05, 3.63) is 158 Å². The van der Waals surface area contributed by atoms with E-state index >= 15 is 0 Å². The lowest BCUT2D eigenvalue weighted by molar-refractivity contribution is -0.870. The highest BCUT2D eigenvalue weighted by Crippen LogP contribution is 2.18. The summed E-state index contributed by atoms with van der Waals surface area (Å²) in [6.07, 6.45) is 108. The van der Waals surface area contributed by atoms with E-state index in [9.17, 15) is 19.5 Å². The van der Waals surface area contributed by atoms with Crippen molar-refractivity contribution >= 4 is 17.9 Å². The lowest BCUT2D eigenvalue weighted by atomic mass is 10.0. The Labute approximate surface area is 584 Å². The summed E-state index contributed by atoms with van der Waals surface area (Å²) in [6.45, 7) is 4.53. The lowest BCUT2D eigenvalue weighted by Crippen LogP contribution is -2.44. The van der Waals surface area contributed by atoms with Crippen LogP contribution in [0.1, 0.15) is 309 Å². The summed E-state index contributed by atoms with van der Waals surface area (Å²) in [7, 11) is 5.93. The predicted octanol–water partition coefficient (Wildman–Crippen LogP) is 23.5. The van der Waals surface area contributed by atoms with Crippen molar-refractivity contribution in [2.45, 2.75) is 322 Å². The number of aliphatic carboxylic acids is 1. The molecule has 0 N–H and O–H groups in total. The van der Waals surface area contributed by atoms with Gasteiger partial charge in [-0.1, -0.05) is 332 Å². The Morgan fingerprint density at radius 2 is 0.568 bits per heavy atom. The van der Waals surface area contributed by atoms with E-state index in [1.165, 1.54) is 154 Å². The number of hydrogen-bond donors (Lipinski definition) is 0. The molecule has 0 fully saturated rings. The Hall–Kier alpha value is -5.09. The van der Waals surface area contributed by atoms with Gasteiger partial charge < -0.3 is 33.3 Å². The van der Waals surface area contributed by atoms with Crippen LogP contribution in [0.3, 0.4) is 0 Å². The molecule has 0 aliphatic carbocycles. The topological polar surface area (TPSA) is 111 Å². The Kier molecular flexibility index (Phi) is 70.7. The largest absolute Gasteiger partial charge is 0.545 e. The standard InChI is InChI=1S/C86H143NO8/c1-6-8-10-12-14-16-18-20-22-24-26-28-30-32-34-36-38-40-41-42-43-45-47-49-51-53-55-57-59-61-63-65-67-69-71-73-75-77-84(89)95-82(81-94-86(85(90)91)92-79-78-87(3,4)5)80-93-83(88)76-74-72-70-68-66-64-62-60-58-56-54-52-50-48-46-44-39-37-35-33-31-29-27-25-23-21-19-17-15-13-11-9-7-2/h8-11,14-17,20-23,26-29,32-35,38,40,42-43,47,49,82,86H,6-7,12-13,18-19,24-25,30-31,36-37,39,41,44-46,48,50-81H2,1-5H3/b10-8-,11-9-,16-14-,17-15-,22-20-,23-21-,28-26-,29-27-,34-32-,35-33-,40-38-,43-42-,49-47-. The number of carbonyl (C=O) groups excluding carboxylic acids is 3. The minimum Gasteiger partial charge on any atom is -0.545 e. The molecule has 0 radical (unpaired) electrons. The van der Waals surface area contributed by atoms with Crippen LogP contribution in [0, 0.1) is 0 Å². The first-order chi connectivity index (χ1) is 46.6. The van der Waals surface area contributed by atoms with Gasteiger partial charge in [0.25, 0.3) is 0 Å². The monoisotopic (exact) mass is 1320 g/mol. The highest BCUT2D eigenvalue weighted by atomic mass is 16.7. The summed E-state index contributed by atoms with van der Waals surface area (Å²) in [6, 6.07) is 0. The van der Waals surface area contributed by atoms with Gasteiger partial charge in [-0.2, -0.15) is 0 Å². The molecular formula is C86H143NO8. The average Bonchev–Trinajstić information content (AvgIpc) is 3.75. The van der Waals surface area contributed by atoms with E-state index in [0.29, 0.717) is 17.4 Å². The fourth-order valence-electron chi connectivity index (χ4n) is 10.5. The average molecular weight is 1320 g/mol. The zero-order valence-electron chi connectivity index (χ0n) is 61.7. The Morgan fingerprint density at radius 3 is 0.842 bits per heavy atom. The fraction of sp³-hybridized carbons (Fsp3) is 0.663. The molecule has 0 heterocycles. The number of allylic oxidation sites excluding steroid dienone is 26. The van der Waals surface area contributed by atoms with Gasteiger partial charge in [0.1, 0.15) is 13.2 Å². The summed E-state index contributed by atoms with van der Waals surface area (Å²) in [4.78, 5) is 37.6. The van der Waals surface area contributed by atoms with Crippen molar-refractivity contribution < 1.29 is 42.9 Å². The van der Waals surface area contributed by atoms with Crippen LogP contribution >= 0.6 is 0 Å². The first-order valence-corrected chi connectivity index (χ1v) is 38.6. The quantitative estimate of drug-likeness (QED) is 0.0195.